The van der Waals surface area contributed by atoms with Gasteiger partial charge in [0.1, 0.15) is 12.1 Å². The maximum atomic E-state index is 12.1. The molecule has 1 aromatic heterocycles. The van der Waals surface area contributed by atoms with Gasteiger partial charge in [0.05, 0.1) is 0 Å². The molecule has 2 aliphatic rings. The van der Waals surface area contributed by atoms with Crippen LogP contribution >= 0.6 is 0 Å². The maximum absolute atomic E-state index is 12.1. The molecule has 1 saturated heterocycles. The van der Waals surface area contributed by atoms with Crippen LogP contribution in [0.25, 0.3) is 0 Å². The lowest BCUT2D eigenvalue weighted by Crippen LogP contribution is -2.36. The van der Waals surface area contributed by atoms with Gasteiger partial charge in [-0.3, -0.25) is 4.79 Å². The predicted molar refractivity (Wildman–Crippen MR) is 77.6 cm³/mol. The molecule has 1 amide bonds. The molecule has 0 spiro atoms. The molecule has 2 heterocycles. The zero-order valence-corrected chi connectivity index (χ0v) is 11.9. The fraction of sp³-hybridized carbons (Fsp3) is 0.667. The van der Waals surface area contributed by atoms with Crippen LogP contribution in [0.4, 0.5) is 5.82 Å². The molecule has 1 aliphatic carbocycles. The number of amides is 1. The summed E-state index contributed by atoms with van der Waals surface area (Å²) in [5, 5.41) is 3.32. The molecule has 0 radical (unpaired) electrons. The predicted octanol–water partition coefficient (Wildman–Crippen LogP) is 1.78. The summed E-state index contributed by atoms with van der Waals surface area (Å²) in [5.41, 5.74) is 2.42. The summed E-state index contributed by atoms with van der Waals surface area (Å²) >= 11 is 0. The van der Waals surface area contributed by atoms with E-state index in [0.717, 1.165) is 51.0 Å². The van der Waals surface area contributed by atoms with Crippen LogP contribution in [0.2, 0.25) is 0 Å². The van der Waals surface area contributed by atoms with Crippen molar-refractivity contribution >= 4 is 11.7 Å². The number of nitrogens with one attached hydrogen (secondary N) is 1. The van der Waals surface area contributed by atoms with Crippen molar-refractivity contribution in [1.29, 1.82) is 0 Å². The molecule has 20 heavy (non-hydrogen) atoms. The molecule has 5 heteroatoms. The highest BCUT2D eigenvalue weighted by molar-refractivity contribution is 5.76. The third-order valence-corrected chi connectivity index (χ3v) is 4.22. The summed E-state index contributed by atoms with van der Waals surface area (Å²) in [5.74, 6) is 1.20. The van der Waals surface area contributed by atoms with Gasteiger partial charge in [0.2, 0.25) is 5.91 Å². The fourth-order valence-electron chi connectivity index (χ4n) is 3.10. The molecule has 0 aromatic carbocycles. The van der Waals surface area contributed by atoms with Crippen molar-refractivity contribution in [3.63, 3.8) is 0 Å². The number of hydrogen-bond donors (Lipinski definition) is 1. The average molecular weight is 274 g/mol. The number of likely N-dealkylation sites (tertiary alicyclic amines) is 1. The van der Waals surface area contributed by atoms with Gasteiger partial charge in [-0.05, 0) is 38.5 Å². The highest BCUT2D eigenvalue weighted by Gasteiger charge is 2.18. The number of nitrogens with zero attached hydrogens (tertiary/aromatic N) is 3. The van der Waals surface area contributed by atoms with Gasteiger partial charge in [-0.25, -0.2) is 9.97 Å². The number of anilines is 1. The van der Waals surface area contributed by atoms with E-state index in [1.807, 2.05) is 4.90 Å². The standard InChI is InChI=1S/C15H22N4O/c20-14(19-9-2-1-3-10-19)7-8-16-15-12-5-4-6-13(12)17-11-18-15/h11H,1-10H2,(H,16,17,18). The molecule has 108 valence electrons. The van der Waals surface area contributed by atoms with Crippen LogP contribution in [0.15, 0.2) is 6.33 Å². The first-order valence-electron chi connectivity index (χ1n) is 7.69. The number of aromatic nitrogens is 2. The molecule has 0 atom stereocenters. The quantitative estimate of drug-likeness (QED) is 0.909. The highest BCUT2D eigenvalue weighted by Crippen LogP contribution is 2.24. The van der Waals surface area contributed by atoms with Crippen LogP contribution in [-0.2, 0) is 17.6 Å². The first-order valence-corrected chi connectivity index (χ1v) is 7.69. The van der Waals surface area contributed by atoms with Crippen molar-refractivity contribution in [3.05, 3.63) is 17.6 Å². The number of carbonyl (C=O) groups is 1. The van der Waals surface area contributed by atoms with Gasteiger partial charge >= 0.3 is 0 Å². The van der Waals surface area contributed by atoms with Crippen molar-refractivity contribution in [2.75, 3.05) is 25.0 Å². The van der Waals surface area contributed by atoms with E-state index in [1.54, 1.807) is 6.33 Å². The lowest BCUT2D eigenvalue weighted by molar-refractivity contribution is -0.131. The first kappa shape index (κ1) is 13.3. The zero-order valence-electron chi connectivity index (χ0n) is 11.9. The minimum atomic E-state index is 0.267. The van der Waals surface area contributed by atoms with Gasteiger partial charge in [0, 0.05) is 37.3 Å². The van der Waals surface area contributed by atoms with Crippen molar-refractivity contribution < 1.29 is 4.79 Å². The minimum absolute atomic E-state index is 0.267. The molecule has 0 bridgehead atoms. The van der Waals surface area contributed by atoms with Crippen LogP contribution in [-0.4, -0.2) is 40.4 Å². The van der Waals surface area contributed by atoms with Crippen LogP contribution < -0.4 is 5.32 Å². The van der Waals surface area contributed by atoms with Gasteiger partial charge in [0.25, 0.3) is 0 Å². The lowest BCUT2D eigenvalue weighted by atomic mass is 10.1. The molecule has 0 unspecified atom stereocenters. The molecular formula is C15H22N4O. The molecule has 3 rings (SSSR count). The molecular weight excluding hydrogens is 252 g/mol. The summed E-state index contributed by atoms with van der Waals surface area (Å²) in [6.07, 6.45) is 9.01. The number of carbonyl (C=O) groups excluding carboxylic acids is 1. The summed E-state index contributed by atoms with van der Waals surface area (Å²) in [7, 11) is 0. The van der Waals surface area contributed by atoms with Gasteiger partial charge in [0.15, 0.2) is 0 Å². The number of fused-ring (bicyclic) bond motifs is 1. The maximum Gasteiger partial charge on any atom is 0.224 e. The van der Waals surface area contributed by atoms with E-state index < -0.39 is 0 Å². The Hall–Kier alpha value is -1.65. The molecule has 1 fully saturated rings. The third kappa shape index (κ3) is 2.92. The van der Waals surface area contributed by atoms with Gasteiger partial charge < -0.3 is 10.2 Å². The third-order valence-electron chi connectivity index (χ3n) is 4.22. The van der Waals surface area contributed by atoms with Crippen molar-refractivity contribution in [1.82, 2.24) is 14.9 Å². The van der Waals surface area contributed by atoms with Crippen LogP contribution in [0.5, 0.6) is 0 Å². The highest BCUT2D eigenvalue weighted by atomic mass is 16.2. The topological polar surface area (TPSA) is 58.1 Å². The Balaban J connectivity index is 1.50. The SMILES string of the molecule is O=C(CCNc1ncnc2c1CCC2)N1CCCCC1. The molecule has 1 aromatic rings. The number of piperidine rings is 1. The number of rotatable bonds is 4. The largest absolute Gasteiger partial charge is 0.369 e. The number of hydrogen-bond acceptors (Lipinski definition) is 4. The second-order valence-corrected chi connectivity index (χ2v) is 5.62. The first-order chi connectivity index (χ1) is 9.84. The Morgan fingerprint density at radius 1 is 1.15 bits per heavy atom. The van der Waals surface area contributed by atoms with Crippen LogP contribution in [0, 0.1) is 0 Å². The molecule has 1 N–H and O–H groups in total. The monoisotopic (exact) mass is 274 g/mol. The van der Waals surface area contributed by atoms with E-state index in [9.17, 15) is 4.79 Å². The van der Waals surface area contributed by atoms with Gasteiger partial charge in [-0.1, -0.05) is 0 Å². The second kappa shape index (κ2) is 6.20. The van der Waals surface area contributed by atoms with Crippen molar-refractivity contribution in [3.8, 4) is 0 Å². The van der Waals surface area contributed by atoms with E-state index >= 15 is 0 Å². The van der Waals surface area contributed by atoms with Gasteiger partial charge in [-0.2, -0.15) is 0 Å². The average Bonchev–Trinajstić information content (AvgIpc) is 2.97. The Bertz CT molecular complexity index is 483. The normalized spacial score (nSPS) is 17.9. The Morgan fingerprint density at radius 2 is 2.00 bits per heavy atom. The van der Waals surface area contributed by atoms with Crippen molar-refractivity contribution in [2.45, 2.75) is 44.9 Å². The van der Waals surface area contributed by atoms with E-state index in [1.165, 1.54) is 17.7 Å². The minimum Gasteiger partial charge on any atom is -0.369 e. The van der Waals surface area contributed by atoms with E-state index in [-0.39, 0.29) is 5.91 Å². The zero-order chi connectivity index (χ0) is 13.8. The second-order valence-electron chi connectivity index (χ2n) is 5.62. The molecule has 5 nitrogen and oxygen atoms in total. The summed E-state index contributed by atoms with van der Waals surface area (Å²) in [6, 6.07) is 0. The van der Waals surface area contributed by atoms with E-state index in [2.05, 4.69) is 15.3 Å². The summed E-state index contributed by atoms with van der Waals surface area (Å²) in [6.45, 7) is 2.53. The van der Waals surface area contributed by atoms with Gasteiger partial charge in [-0.15, -0.1) is 0 Å². The van der Waals surface area contributed by atoms with Crippen LogP contribution in [0.3, 0.4) is 0 Å². The lowest BCUT2D eigenvalue weighted by Gasteiger charge is -2.26. The molecule has 0 saturated carbocycles. The van der Waals surface area contributed by atoms with Crippen LogP contribution in [0.1, 0.15) is 43.4 Å². The Kier molecular flexibility index (Phi) is 4.14. The summed E-state index contributed by atoms with van der Waals surface area (Å²) in [4.78, 5) is 22.7. The molecule has 1 aliphatic heterocycles. The number of aryl methyl sites for hydroxylation is 1. The van der Waals surface area contributed by atoms with E-state index in [4.69, 9.17) is 0 Å². The fourth-order valence-corrected chi connectivity index (χ4v) is 3.10. The summed E-state index contributed by atoms with van der Waals surface area (Å²) < 4.78 is 0. The van der Waals surface area contributed by atoms with E-state index in [0.29, 0.717) is 13.0 Å². The Morgan fingerprint density at radius 3 is 2.85 bits per heavy atom. The smallest absolute Gasteiger partial charge is 0.224 e. The Labute approximate surface area is 119 Å². The van der Waals surface area contributed by atoms with Crippen molar-refractivity contribution in [2.24, 2.45) is 0 Å².